The lowest BCUT2D eigenvalue weighted by atomic mass is 10.1. The molecule has 144 valence electrons. The number of pyridine rings is 2. The molecule has 3 aromatic heterocycles. The van der Waals surface area contributed by atoms with Crippen LogP contribution in [-0.4, -0.2) is 33.7 Å². The summed E-state index contributed by atoms with van der Waals surface area (Å²) in [5, 5.41) is 11.7. The summed E-state index contributed by atoms with van der Waals surface area (Å²) < 4.78 is 5.15. The van der Waals surface area contributed by atoms with Gasteiger partial charge in [-0.05, 0) is 37.6 Å². The third-order valence-corrected chi connectivity index (χ3v) is 4.63. The van der Waals surface area contributed by atoms with Gasteiger partial charge in [-0.3, -0.25) is 10.2 Å². The van der Waals surface area contributed by atoms with Gasteiger partial charge >= 0.3 is 0 Å². The molecule has 0 aliphatic heterocycles. The number of rotatable bonds is 5. The van der Waals surface area contributed by atoms with Crippen molar-refractivity contribution < 1.29 is 9.53 Å². The summed E-state index contributed by atoms with van der Waals surface area (Å²) in [6.07, 6.45) is 3.11. The maximum atomic E-state index is 12.2. The number of aromatic amines is 1. The molecule has 1 amide bonds. The van der Waals surface area contributed by atoms with Crippen LogP contribution >= 0.6 is 11.6 Å². The third kappa shape index (κ3) is 3.67. The number of H-pyrrole nitrogens is 1. The fourth-order valence-electron chi connectivity index (χ4n) is 2.56. The van der Waals surface area contributed by atoms with E-state index in [0.29, 0.717) is 33.5 Å². The number of fused-ring (bicyclic) bond motifs is 1. The van der Waals surface area contributed by atoms with Gasteiger partial charge in [0.1, 0.15) is 16.4 Å². The molecule has 0 spiro atoms. The molecule has 0 aliphatic rings. The van der Waals surface area contributed by atoms with E-state index in [1.165, 1.54) is 13.3 Å². The van der Waals surface area contributed by atoms with Crippen LogP contribution in [0.25, 0.3) is 22.3 Å². The number of hydrogen-bond acceptors (Lipinski definition) is 6. The molecule has 0 saturated heterocycles. The first-order valence-electron chi connectivity index (χ1n) is 8.32. The maximum absolute atomic E-state index is 12.2. The number of methoxy groups -OCH3 is 1. The summed E-state index contributed by atoms with van der Waals surface area (Å²) in [6, 6.07) is 5.39. The number of halogens is 1. The zero-order chi connectivity index (χ0) is 20.4. The Morgan fingerprint density at radius 2 is 2.07 bits per heavy atom. The lowest BCUT2D eigenvalue weighted by molar-refractivity contribution is -0.110. The van der Waals surface area contributed by atoms with Gasteiger partial charge in [0.25, 0.3) is 5.91 Å². The van der Waals surface area contributed by atoms with Crippen LogP contribution in [0.4, 0.5) is 5.69 Å². The third-order valence-electron chi connectivity index (χ3n) is 4.26. The van der Waals surface area contributed by atoms with E-state index >= 15 is 0 Å². The van der Waals surface area contributed by atoms with Gasteiger partial charge in [-0.2, -0.15) is 0 Å². The molecule has 0 atom stereocenters. The Hall–Kier alpha value is -3.39. The van der Waals surface area contributed by atoms with Gasteiger partial charge in [0.05, 0.1) is 19.0 Å². The molecule has 0 aromatic carbocycles. The first-order valence-corrected chi connectivity index (χ1v) is 8.70. The first kappa shape index (κ1) is 19.4. The summed E-state index contributed by atoms with van der Waals surface area (Å²) in [7, 11) is 1.50. The largest absolute Gasteiger partial charge is 0.480 e. The number of carbonyl (C=O) groups is 1. The molecule has 0 aliphatic carbocycles. The topological polar surface area (TPSA) is 130 Å². The van der Waals surface area contributed by atoms with E-state index < -0.39 is 5.91 Å². The Bertz CT molecular complexity index is 1110. The van der Waals surface area contributed by atoms with Gasteiger partial charge in [-0.1, -0.05) is 11.6 Å². The van der Waals surface area contributed by atoms with Crippen molar-refractivity contribution in [2.75, 3.05) is 12.4 Å². The highest BCUT2D eigenvalue weighted by atomic mass is 35.5. The molecule has 8 nitrogen and oxygen atoms in total. The predicted octanol–water partition coefficient (Wildman–Crippen LogP) is 3.50. The highest BCUT2D eigenvalue weighted by molar-refractivity contribution is 6.47. The molecule has 0 radical (unpaired) electrons. The average Bonchev–Trinajstić information content (AvgIpc) is 3.09. The smallest absolute Gasteiger partial charge is 0.273 e. The van der Waals surface area contributed by atoms with E-state index in [9.17, 15) is 4.79 Å². The van der Waals surface area contributed by atoms with Crippen molar-refractivity contribution in [3.05, 3.63) is 46.9 Å². The number of aromatic nitrogens is 3. The van der Waals surface area contributed by atoms with E-state index in [1.54, 1.807) is 32.2 Å². The Balaban J connectivity index is 1.91. The van der Waals surface area contributed by atoms with Crippen LogP contribution in [0.15, 0.2) is 41.9 Å². The molecule has 3 aromatic rings. The van der Waals surface area contributed by atoms with Crippen molar-refractivity contribution in [1.82, 2.24) is 15.0 Å². The number of ether oxygens (including phenoxy) is 1. The standard InChI is InChI=1S/C19H19ClN6O2/c1-9(10(2)21)16(22)18(27)25-12-6-11-7-14(26-17(11)24-8-12)13-4-5-23-19(28-3)15(13)20/h4-8,22H,21H2,1-3H3,(H,24,26)(H,25,27)/b10-9-,22-16?. The summed E-state index contributed by atoms with van der Waals surface area (Å²) in [4.78, 5) is 23.8. The highest BCUT2D eigenvalue weighted by Gasteiger charge is 2.15. The quantitative estimate of drug-likeness (QED) is 0.488. The van der Waals surface area contributed by atoms with E-state index in [2.05, 4.69) is 20.3 Å². The molecule has 3 rings (SSSR count). The zero-order valence-corrected chi connectivity index (χ0v) is 16.3. The molecular weight excluding hydrogens is 380 g/mol. The summed E-state index contributed by atoms with van der Waals surface area (Å²) >= 11 is 6.34. The van der Waals surface area contributed by atoms with E-state index in [-0.39, 0.29) is 5.71 Å². The Morgan fingerprint density at radius 1 is 1.32 bits per heavy atom. The van der Waals surface area contributed by atoms with E-state index in [0.717, 1.165) is 16.6 Å². The number of nitrogens with one attached hydrogen (secondary N) is 3. The second kappa shape index (κ2) is 7.69. The van der Waals surface area contributed by atoms with E-state index in [1.807, 2.05) is 6.07 Å². The van der Waals surface area contributed by atoms with Crippen LogP contribution < -0.4 is 15.8 Å². The molecule has 5 N–H and O–H groups in total. The van der Waals surface area contributed by atoms with Crippen molar-refractivity contribution in [3.8, 4) is 17.1 Å². The number of carbonyl (C=O) groups excluding carboxylic acids is 1. The van der Waals surface area contributed by atoms with Crippen LogP contribution in [0.5, 0.6) is 5.88 Å². The number of hydrogen-bond donors (Lipinski definition) is 4. The molecule has 28 heavy (non-hydrogen) atoms. The SMILES string of the molecule is COc1nccc(-c2cc3cc(NC(=O)C(=N)/C(C)=C(/C)N)cnc3[nH]2)c1Cl. The van der Waals surface area contributed by atoms with Crippen molar-refractivity contribution in [3.63, 3.8) is 0 Å². The molecule has 0 saturated carbocycles. The van der Waals surface area contributed by atoms with Gasteiger partial charge < -0.3 is 20.8 Å². The number of nitrogens with two attached hydrogens (primary N) is 1. The normalized spacial score (nSPS) is 11.9. The highest BCUT2D eigenvalue weighted by Crippen LogP contribution is 2.34. The minimum Gasteiger partial charge on any atom is -0.480 e. The van der Waals surface area contributed by atoms with Gasteiger partial charge in [0, 0.05) is 28.5 Å². The van der Waals surface area contributed by atoms with Crippen LogP contribution in [0.1, 0.15) is 13.8 Å². The second-order valence-corrected chi connectivity index (χ2v) is 6.54. The first-order chi connectivity index (χ1) is 13.3. The van der Waals surface area contributed by atoms with Crippen LogP contribution in [0, 0.1) is 5.41 Å². The fourth-order valence-corrected chi connectivity index (χ4v) is 2.86. The minimum atomic E-state index is -0.555. The summed E-state index contributed by atoms with van der Waals surface area (Å²) in [5.41, 5.74) is 8.87. The molecular formula is C19H19ClN6O2. The van der Waals surface area contributed by atoms with Crippen molar-refractivity contribution in [1.29, 1.82) is 5.41 Å². The Labute approximate surface area is 166 Å². The molecule has 0 fully saturated rings. The molecule has 9 heteroatoms. The number of nitrogens with zero attached hydrogens (tertiary/aromatic N) is 2. The van der Waals surface area contributed by atoms with E-state index in [4.69, 9.17) is 27.5 Å². The average molecular weight is 399 g/mol. The van der Waals surface area contributed by atoms with Crippen molar-refractivity contribution in [2.45, 2.75) is 13.8 Å². The van der Waals surface area contributed by atoms with Crippen LogP contribution in [0.3, 0.4) is 0 Å². The van der Waals surface area contributed by atoms with Gasteiger partial charge in [-0.25, -0.2) is 9.97 Å². The van der Waals surface area contributed by atoms with Crippen LogP contribution in [-0.2, 0) is 4.79 Å². The second-order valence-electron chi connectivity index (χ2n) is 6.16. The molecule has 0 unspecified atom stereocenters. The maximum Gasteiger partial charge on any atom is 0.273 e. The molecule has 0 bridgehead atoms. The van der Waals surface area contributed by atoms with Gasteiger partial charge in [0.15, 0.2) is 0 Å². The Kier molecular flexibility index (Phi) is 5.32. The molecule has 3 heterocycles. The minimum absolute atomic E-state index is 0.189. The summed E-state index contributed by atoms with van der Waals surface area (Å²) in [5.74, 6) is -0.225. The number of amides is 1. The zero-order valence-electron chi connectivity index (χ0n) is 15.6. The monoisotopic (exact) mass is 398 g/mol. The summed E-state index contributed by atoms with van der Waals surface area (Å²) in [6.45, 7) is 3.27. The van der Waals surface area contributed by atoms with Crippen LogP contribution in [0.2, 0.25) is 5.02 Å². The fraction of sp³-hybridized carbons (Fsp3) is 0.158. The lowest BCUT2D eigenvalue weighted by Gasteiger charge is -2.07. The Morgan fingerprint density at radius 3 is 2.75 bits per heavy atom. The number of anilines is 1. The predicted molar refractivity (Wildman–Crippen MR) is 110 cm³/mol. The van der Waals surface area contributed by atoms with Crippen molar-refractivity contribution in [2.24, 2.45) is 5.73 Å². The van der Waals surface area contributed by atoms with Gasteiger partial charge in [-0.15, -0.1) is 0 Å². The lowest BCUT2D eigenvalue weighted by Crippen LogP contribution is -2.24. The van der Waals surface area contributed by atoms with Crippen molar-refractivity contribution >= 4 is 39.9 Å². The van der Waals surface area contributed by atoms with Gasteiger partial charge in [0.2, 0.25) is 5.88 Å². The number of allylic oxidation sites excluding steroid dienone is 1.